The van der Waals surface area contributed by atoms with Gasteiger partial charge in [0.1, 0.15) is 12.6 Å². The molecule has 0 aliphatic carbocycles. The van der Waals surface area contributed by atoms with E-state index in [-0.39, 0.29) is 22.9 Å². The maximum absolute atomic E-state index is 14.1. The minimum Gasteiger partial charge on any atom is -0.350 e. The Morgan fingerprint density at radius 3 is 2.09 bits per heavy atom. The average Bonchev–Trinajstić information content (AvgIpc) is 2.92. The molecule has 1 unspecified atom stereocenters. The molecule has 238 valence electrons. The third-order valence-corrected chi connectivity index (χ3v) is 9.10. The highest BCUT2D eigenvalue weighted by Gasteiger charge is 2.37. The summed E-state index contributed by atoms with van der Waals surface area (Å²) in [6.45, 7) is 5.77. The number of alkyl halides is 3. The van der Waals surface area contributed by atoms with Crippen LogP contribution in [-0.4, -0.2) is 43.3 Å². The van der Waals surface area contributed by atoms with E-state index >= 15 is 0 Å². The molecule has 1 N–H and O–H groups in total. The molecule has 1 atom stereocenters. The summed E-state index contributed by atoms with van der Waals surface area (Å²) in [4.78, 5) is 28.4. The quantitative estimate of drug-likeness (QED) is 0.237. The second-order valence-electron chi connectivity index (χ2n) is 10.9. The number of carbonyl (C=O) groups excluding carboxylic acids is 2. The van der Waals surface area contributed by atoms with Gasteiger partial charge in [0, 0.05) is 22.1 Å². The van der Waals surface area contributed by atoms with Crippen molar-refractivity contribution < 1.29 is 31.2 Å². The second kappa shape index (κ2) is 14.0. The van der Waals surface area contributed by atoms with Crippen LogP contribution in [0, 0.1) is 0 Å². The van der Waals surface area contributed by atoms with Crippen molar-refractivity contribution in [2.24, 2.45) is 0 Å². The summed E-state index contributed by atoms with van der Waals surface area (Å²) in [5.74, 6) is -1.38. The maximum Gasteiger partial charge on any atom is 0.417 e. The number of benzene rings is 3. The van der Waals surface area contributed by atoms with E-state index in [1.807, 2.05) is 0 Å². The topological polar surface area (TPSA) is 86.8 Å². The molecule has 3 aromatic carbocycles. The predicted molar refractivity (Wildman–Crippen MR) is 166 cm³/mol. The lowest BCUT2D eigenvalue weighted by atomic mass is 10.1. The first kappa shape index (κ1) is 35.5. The van der Waals surface area contributed by atoms with Crippen molar-refractivity contribution in [1.82, 2.24) is 10.2 Å². The van der Waals surface area contributed by atoms with Crippen LogP contribution in [0.1, 0.15) is 45.2 Å². The number of rotatable bonds is 10. The van der Waals surface area contributed by atoms with Gasteiger partial charge in [-0.3, -0.25) is 13.9 Å². The summed E-state index contributed by atoms with van der Waals surface area (Å²) in [6, 6.07) is 13.0. The number of amides is 2. The van der Waals surface area contributed by atoms with Crippen LogP contribution >= 0.6 is 34.8 Å². The van der Waals surface area contributed by atoms with Crippen molar-refractivity contribution in [3.63, 3.8) is 0 Å². The summed E-state index contributed by atoms with van der Waals surface area (Å²) in [7, 11) is -4.59. The number of nitrogens with one attached hydrogen (secondary N) is 1. The predicted octanol–water partition coefficient (Wildman–Crippen LogP) is 7.58. The van der Waals surface area contributed by atoms with Crippen LogP contribution in [0.25, 0.3) is 0 Å². The van der Waals surface area contributed by atoms with Crippen LogP contribution in [0.4, 0.5) is 18.9 Å². The number of carbonyl (C=O) groups is 2. The van der Waals surface area contributed by atoms with E-state index in [0.717, 1.165) is 17.0 Å². The molecule has 0 heterocycles. The normalized spacial score (nSPS) is 12.9. The van der Waals surface area contributed by atoms with Crippen molar-refractivity contribution in [2.45, 2.75) is 63.3 Å². The Morgan fingerprint density at radius 2 is 1.55 bits per heavy atom. The molecule has 0 spiro atoms. The van der Waals surface area contributed by atoms with Crippen LogP contribution in [0.2, 0.25) is 15.1 Å². The van der Waals surface area contributed by atoms with Crippen molar-refractivity contribution in [3.05, 3.63) is 92.9 Å². The van der Waals surface area contributed by atoms with Gasteiger partial charge in [0.15, 0.2) is 0 Å². The summed E-state index contributed by atoms with van der Waals surface area (Å²) < 4.78 is 69.7. The maximum atomic E-state index is 14.1. The molecule has 0 aliphatic heterocycles. The molecule has 7 nitrogen and oxygen atoms in total. The smallest absolute Gasteiger partial charge is 0.350 e. The molecule has 2 amide bonds. The molecule has 0 fully saturated rings. The molecule has 3 rings (SSSR count). The largest absolute Gasteiger partial charge is 0.417 e. The van der Waals surface area contributed by atoms with Crippen molar-refractivity contribution in [3.8, 4) is 0 Å². The molecule has 0 saturated carbocycles. The fourth-order valence-corrected chi connectivity index (χ4v) is 6.46. The van der Waals surface area contributed by atoms with Gasteiger partial charge in [-0.15, -0.1) is 0 Å². The fourth-order valence-electron chi connectivity index (χ4n) is 4.34. The van der Waals surface area contributed by atoms with Crippen LogP contribution in [0.5, 0.6) is 0 Å². The van der Waals surface area contributed by atoms with E-state index in [9.17, 15) is 31.2 Å². The molecule has 0 aliphatic rings. The summed E-state index contributed by atoms with van der Waals surface area (Å²) in [5, 5.41) is 2.71. The lowest BCUT2D eigenvalue weighted by Crippen LogP contribution is -2.55. The first-order valence-electron chi connectivity index (χ1n) is 13.3. The van der Waals surface area contributed by atoms with Crippen molar-refractivity contribution >= 4 is 62.3 Å². The van der Waals surface area contributed by atoms with E-state index in [1.54, 1.807) is 45.9 Å². The molecule has 0 saturated heterocycles. The highest BCUT2D eigenvalue weighted by molar-refractivity contribution is 7.92. The molecule has 14 heteroatoms. The first-order chi connectivity index (χ1) is 20.3. The summed E-state index contributed by atoms with van der Waals surface area (Å²) in [5.41, 5.74) is -1.99. The van der Waals surface area contributed by atoms with Gasteiger partial charge in [-0.05, 0) is 75.2 Å². The van der Waals surface area contributed by atoms with Gasteiger partial charge in [0.2, 0.25) is 11.8 Å². The Bertz CT molecular complexity index is 1620. The number of anilines is 1. The lowest BCUT2D eigenvalue weighted by Gasteiger charge is -2.35. The number of hydrogen-bond donors (Lipinski definition) is 1. The second-order valence-corrected chi connectivity index (χ2v) is 14.0. The third-order valence-electron chi connectivity index (χ3n) is 6.39. The van der Waals surface area contributed by atoms with Crippen LogP contribution in [0.3, 0.4) is 0 Å². The van der Waals surface area contributed by atoms with Gasteiger partial charge in [0.25, 0.3) is 10.0 Å². The van der Waals surface area contributed by atoms with E-state index < -0.39 is 62.4 Å². The van der Waals surface area contributed by atoms with Gasteiger partial charge in [-0.25, -0.2) is 8.42 Å². The third kappa shape index (κ3) is 8.80. The number of hydrogen-bond acceptors (Lipinski definition) is 4. The monoisotopic (exact) mass is 691 g/mol. The van der Waals surface area contributed by atoms with Gasteiger partial charge >= 0.3 is 6.18 Å². The molecular weight excluding hydrogens is 662 g/mol. The number of nitrogens with zero attached hydrogens (tertiary/aromatic N) is 2. The van der Waals surface area contributed by atoms with Gasteiger partial charge in [-0.2, -0.15) is 13.2 Å². The van der Waals surface area contributed by atoms with Crippen LogP contribution in [-0.2, 0) is 32.3 Å². The Hall–Kier alpha value is -2.99. The number of halogens is 6. The molecular formula is C30H31Cl3F3N3O4S. The van der Waals surface area contributed by atoms with Gasteiger partial charge in [-0.1, -0.05) is 66.0 Å². The first-order valence-corrected chi connectivity index (χ1v) is 15.9. The van der Waals surface area contributed by atoms with E-state index in [2.05, 4.69) is 5.32 Å². The Morgan fingerprint density at radius 1 is 0.909 bits per heavy atom. The van der Waals surface area contributed by atoms with Crippen molar-refractivity contribution in [1.29, 1.82) is 0 Å². The standard InChI is InChI=1S/C30H31Cl3F3N3O4S/c1-5-26(28(41)37-29(2,3)4)38(17-19-11-12-20(31)15-25(19)33)27(40)18-39(44(42,43)22-9-7-6-8-10-22)21-13-14-24(32)23(16-21)30(34,35)36/h6-16,26H,5,17-18H2,1-4H3,(H,37,41). The summed E-state index contributed by atoms with van der Waals surface area (Å²) in [6.07, 6.45) is -4.78. The summed E-state index contributed by atoms with van der Waals surface area (Å²) >= 11 is 18.2. The van der Waals surface area contributed by atoms with Crippen LogP contribution in [0.15, 0.2) is 71.6 Å². The Balaban J connectivity index is 2.17. The SMILES string of the molecule is CCC(C(=O)NC(C)(C)C)N(Cc1ccc(Cl)cc1Cl)C(=O)CN(c1ccc(Cl)c(C(F)(F)F)c1)S(=O)(=O)c1ccccc1. The number of sulfonamides is 1. The molecule has 3 aromatic rings. The zero-order valence-electron chi connectivity index (χ0n) is 24.3. The van der Waals surface area contributed by atoms with Crippen LogP contribution < -0.4 is 9.62 Å². The highest BCUT2D eigenvalue weighted by Crippen LogP contribution is 2.38. The molecule has 0 bridgehead atoms. The van der Waals surface area contributed by atoms with E-state index in [1.165, 1.54) is 30.3 Å². The van der Waals surface area contributed by atoms with Gasteiger partial charge in [0.05, 0.1) is 21.2 Å². The van der Waals surface area contributed by atoms with E-state index in [4.69, 9.17) is 34.8 Å². The van der Waals surface area contributed by atoms with E-state index in [0.29, 0.717) is 21.0 Å². The minimum absolute atomic E-state index is 0.128. The molecule has 44 heavy (non-hydrogen) atoms. The molecule has 0 aromatic heterocycles. The highest BCUT2D eigenvalue weighted by atomic mass is 35.5. The minimum atomic E-state index is -4.91. The lowest BCUT2D eigenvalue weighted by molar-refractivity contribution is -0.141. The molecule has 0 radical (unpaired) electrons. The zero-order valence-corrected chi connectivity index (χ0v) is 27.3. The Labute approximate surface area is 269 Å². The average molecular weight is 693 g/mol. The Kier molecular flexibility index (Phi) is 11.3. The van der Waals surface area contributed by atoms with Crippen molar-refractivity contribution in [2.75, 3.05) is 10.8 Å². The zero-order chi connectivity index (χ0) is 33.0. The fraction of sp³-hybridized carbons (Fsp3) is 0.333. The van der Waals surface area contributed by atoms with Gasteiger partial charge < -0.3 is 10.2 Å².